The molecule has 6 heteroatoms. The number of aryl methyl sites for hydroxylation is 1. The Morgan fingerprint density at radius 3 is 2.81 bits per heavy atom. The molecule has 1 heterocycles. The Hall–Kier alpha value is -2.50. The molecule has 3 rings (SSSR count). The van der Waals surface area contributed by atoms with Crippen molar-refractivity contribution in [2.75, 3.05) is 14.1 Å². The van der Waals surface area contributed by atoms with Crippen LogP contribution < -0.4 is 10.1 Å². The third-order valence-corrected chi connectivity index (χ3v) is 4.96. The second-order valence-electron chi connectivity index (χ2n) is 7.30. The van der Waals surface area contributed by atoms with Crippen molar-refractivity contribution in [1.82, 2.24) is 20.0 Å². The molecule has 0 saturated heterocycles. The normalized spacial score (nSPS) is 15.6. The number of hydrogen-bond acceptors (Lipinski definition) is 3. The summed E-state index contributed by atoms with van der Waals surface area (Å²) in [5.41, 5.74) is 2.35. The number of aliphatic imine (C=N–C) groups is 1. The highest BCUT2D eigenvalue weighted by Gasteiger charge is 2.15. The summed E-state index contributed by atoms with van der Waals surface area (Å²) in [7, 11) is 5.77. The van der Waals surface area contributed by atoms with Crippen LogP contribution in [-0.4, -0.2) is 40.8 Å². The van der Waals surface area contributed by atoms with Crippen LogP contribution in [0.4, 0.5) is 0 Å². The number of ether oxygens (including phenoxy) is 1. The molecule has 0 spiro atoms. The maximum Gasteiger partial charge on any atom is 0.193 e. The number of aromatic nitrogens is 2. The maximum atomic E-state index is 6.18. The molecule has 146 valence electrons. The van der Waals surface area contributed by atoms with Gasteiger partial charge in [-0.25, -0.2) is 0 Å². The molecule has 6 nitrogen and oxygen atoms in total. The van der Waals surface area contributed by atoms with Gasteiger partial charge in [-0.05, 0) is 43.4 Å². The number of nitrogens with one attached hydrogen (secondary N) is 1. The molecule has 1 aliphatic rings. The zero-order valence-corrected chi connectivity index (χ0v) is 16.7. The Bertz CT molecular complexity index is 749. The van der Waals surface area contributed by atoms with E-state index in [1.807, 2.05) is 38.2 Å². The topological polar surface area (TPSA) is 54.7 Å². The second-order valence-corrected chi connectivity index (χ2v) is 7.30. The highest BCUT2D eigenvalue weighted by atomic mass is 16.5. The van der Waals surface area contributed by atoms with Gasteiger partial charge in [0.1, 0.15) is 5.75 Å². The first-order valence-electron chi connectivity index (χ1n) is 9.79. The third kappa shape index (κ3) is 5.74. The van der Waals surface area contributed by atoms with E-state index >= 15 is 0 Å². The van der Waals surface area contributed by atoms with Gasteiger partial charge in [0.25, 0.3) is 0 Å². The van der Waals surface area contributed by atoms with Crippen LogP contribution in [0.2, 0.25) is 0 Å². The van der Waals surface area contributed by atoms with Gasteiger partial charge in [0.05, 0.1) is 12.3 Å². The van der Waals surface area contributed by atoms with Crippen molar-refractivity contribution < 1.29 is 4.74 Å². The summed E-state index contributed by atoms with van der Waals surface area (Å²) in [6.07, 6.45) is 10.5. The van der Waals surface area contributed by atoms with E-state index in [2.05, 4.69) is 44.6 Å². The summed E-state index contributed by atoms with van der Waals surface area (Å²) in [4.78, 5) is 6.49. The smallest absolute Gasteiger partial charge is 0.193 e. The summed E-state index contributed by atoms with van der Waals surface area (Å²) in [5.74, 6) is 1.83. The summed E-state index contributed by atoms with van der Waals surface area (Å²) < 4.78 is 8.00. The molecule has 0 aliphatic heterocycles. The van der Waals surface area contributed by atoms with Crippen molar-refractivity contribution in [3.05, 3.63) is 47.8 Å². The fourth-order valence-electron chi connectivity index (χ4n) is 3.57. The SMILES string of the molecule is CN=C(NCc1cccc(OC2CCCCC2)c1)N(C)Cc1cnn(C)c1. The summed E-state index contributed by atoms with van der Waals surface area (Å²) in [5, 5.41) is 7.66. The van der Waals surface area contributed by atoms with E-state index in [1.165, 1.54) is 37.7 Å². The molecule has 1 fully saturated rings. The zero-order chi connectivity index (χ0) is 19.1. The lowest BCUT2D eigenvalue weighted by atomic mass is 9.98. The van der Waals surface area contributed by atoms with E-state index in [1.54, 1.807) is 0 Å². The monoisotopic (exact) mass is 369 g/mol. The van der Waals surface area contributed by atoms with Crippen molar-refractivity contribution in [3.8, 4) is 5.75 Å². The predicted octanol–water partition coefficient (Wildman–Crippen LogP) is 3.34. The Morgan fingerprint density at radius 1 is 1.30 bits per heavy atom. The summed E-state index contributed by atoms with van der Waals surface area (Å²) >= 11 is 0. The van der Waals surface area contributed by atoms with Crippen molar-refractivity contribution in [1.29, 1.82) is 0 Å². The fraction of sp³-hybridized carbons (Fsp3) is 0.524. The molecule has 1 saturated carbocycles. The van der Waals surface area contributed by atoms with Gasteiger partial charge >= 0.3 is 0 Å². The minimum absolute atomic E-state index is 0.375. The van der Waals surface area contributed by atoms with E-state index in [0.717, 1.165) is 23.8 Å². The summed E-state index contributed by atoms with van der Waals surface area (Å²) in [6.45, 7) is 1.48. The molecule has 0 unspecified atom stereocenters. The Labute approximate surface area is 162 Å². The van der Waals surface area contributed by atoms with E-state index in [9.17, 15) is 0 Å². The standard InChI is InChI=1S/C21H31N5O/c1-22-21(25(2)15-18-14-24-26(3)16-18)23-13-17-8-7-11-20(12-17)27-19-9-5-4-6-10-19/h7-8,11-12,14,16,19H,4-6,9-10,13,15H2,1-3H3,(H,22,23). The molecule has 1 aliphatic carbocycles. The molecular weight excluding hydrogens is 338 g/mol. The van der Waals surface area contributed by atoms with Gasteiger partial charge in [0, 0.05) is 46.0 Å². The van der Waals surface area contributed by atoms with Crippen LogP contribution in [-0.2, 0) is 20.1 Å². The lowest BCUT2D eigenvalue weighted by molar-refractivity contribution is 0.155. The first-order chi connectivity index (χ1) is 13.1. The first kappa shape index (κ1) is 19.3. The fourth-order valence-corrected chi connectivity index (χ4v) is 3.57. The van der Waals surface area contributed by atoms with E-state index < -0.39 is 0 Å². The minimum atomic E-state index is 0.375. The van der Waals surface area contributed by atoms with Crippen molar-refractivity contribution >= 4 is 5.96 Å². The first-order valence-corrected chi connectivity index (χ1v) is 9.79. The molecule has 1 N–H and O–H groups in total. The highest BCUT2D eigenvalue weighted by Crippen LogP contribution is 2.23. The van der Waals surface area contributed by atoms with Gasteiger partial charge < -0.3 is 15.0 Å². The van der Waals surface area contributed by atoms with Gasteiger partial charge in [-0.3, -0.25) is 9.67 Å². The Kier molecular flexibility index (Phi) is 6.74. The average Bonchev–Trinajstić information content (AvgIpc) is 3.08. The molecule has 27 heavy (non-hydrogen) atoms. The van der Waals surface area contributed by atoms with Crippen molar-refractivity contribution in [3.63, 3.8) is 0 Å². The molecule has 2 aromatic rings. The van der Waals surface area contributed by atoms with Gasteiger partial charge in [-0.2, -0.15) is 5.10 Å². The Balaban J connectivity index is 1.53. The Morgan fingerprint density at radius 2 is 2.11 bits per heavy atom. The maximum absolute atomic E-state index is 6.18. The lowest BCUT2D eigenvalue weighted by Gasteiger charge is -2.23. The number of benzene rings is 1. The molecule has 0 bridgehead atoms. The zero-order valence-electron chi connectivity index (χ0n) is 16.7. The highest BCUT2D eigenvalue weighted by molar-refractivity contribution is 5.79. The quantitative estimate of drug-likeness (QED) is 0.627. The number of nitrogens with zero attached hydrogens (tertiary/aromatic N) is 4. The second kappa shape index (κ2) is 9.44. The lowest BCUT2D eigenvalue weighted by Crippen LogP contribution is -2.38. The van der Waals surface area contributed by atoms with Crippen LogP contribution in [0.3, 0.4) is 0 Å². The van der Waals surface area contributed by atoms with Crippen LogP contribution in [0.1, 0.15) is 43.2 Å². The summed E-state index contributed by atoms with van der Waals surface area (Å²) in [6, 6.07) is 8.38. The van der Waals surface area contributed by atoms with Crippen LogP contribution in [0, 0.1) is 0 Å². The number of hydrogen-bond donors (Lipinski definition) is 1. The largest absolute Gasteiger partial charge is 0.490 e. The predicted molar refractivity (Wildman–Crippen MR) is 109 cm³/mol. The van der Waals surface area contributed by atoms with Gasteiger partial charge in [-0.15, -0.1) is 0 Å². The molecule has 0 radical (unpaired) electrons. The third-order valence-electron chi connectivity index (χ3n) is 4.96. The molecule has 0 amide bonds. The molecule has 1 aromatic carbocycles. The van der Waals surface area contributed by atoms with Crippen LogP contribution >= 0.6 is 0 Å². The molecular formula is C21H31N5O. The van der Waals surface area contributed by atoms with E-state index in [-0.39, 0.29) is 0 Å². The average molecular weight is 370 g/mol. The van der Waals surface area contributed by atoms with Gasteiger partial charge in [0.15, 0.2) is 5.96 Å². The number of rotatable bonds is 6. The van der Waals surface area contributed by atoms with Crippen molar-refractivity contribution in [2.24, 2.45) is 12.0 Å². The van der Waals surface area contributed by atoms with E-state index in [4.69, 9.17) is 4.74 Å². The molecule has 0 atom stereocenters. The van der Waals surface area contributed by atoms with Crippen LogP contribution in [0.5, 0.6) is 5.75 Å². The minimum Gasteiger partial charge on any atom is -0.490 e. The van der Waals surface area contributed by atoms with Crippen molar-refractivity contribution in [2.45, 2.75) is 51.3 Å². The van der Waals surface area contributed by atoms with Gasteiger partial charge in [-0.1, -0.05) is 18.6 Å². The van der Waals surface area contributed by atoms with Gasteiger partial charge in [0.2, 0.25) is 0 Å². The van der Waals surface area contributed by atoms with Crippen LogP contribution in [0.25, 0.3) is 0 Å². The number of guanidine groups is 1. The molecule has 1 aromatic heterocycles. The van der Waals surface area contributed by atoms with Crippen LogP contribution in [0.15, 0.2) is 41.7 Å². The van der Waals surface area contributed by atoms with E-state index in [0.29, 0.717) is 12.6 Å².